The molecule has 0 saturated heterocycles. The second-order valence-corrected chi connectivity index (χ2v) is 6.64. The topological polar surface area (TPSA) is 79.5 Å². The third-order valence-electron chi connectivity index (χ3n) is 4.13. The fraction of sp³-hybridized carbons (Fsp3) is 0.364. The van der Waals surface area contributed by atoms with E-state index in [1.165, 1.54) is 0 Å². The van der Waals surface area contributed by atoms with Gasteiger partial charge in [0.1, 0.15) is 5.75 Å². The Balaban J connectivity index is 1.82. The van der Waals surface area contributed by atoms with Crippen molar-refractivity contribution in [2.24, 2.45) is 0 Å². The maximum atomic E-state index is 12.2. The molecule has 6 heteroatoms. The van der Waals surface area contributed by atoms with Crippen LogP contribution in [-0.2, 0) is 9.59 Å². The molecule has 2 aromatic carbocycles. The van der Waals surface area contributed by atoms with Crippen molar-refractivity contribution in [2.75, 3.05) is 22.5 Å². The minimum Gasteiger partial charge on any atom is -0.491 e. The molecule has 0 spiro atoms. The predicted molar refractivity (Wildman–Crippen MR) is 114 cm³/mol. The predicted octanol–water partition coefficient (Wildman–Crippen LogP) is 4.65. The molecule has 0 aromatic heterocycles. The third-order valence-corrected chi connectivity index (χ3v) is 4.13. The molecule has 1 unspecified atom stereocenters. The second kappa shape index (κ2) is 11.0. The van der Waals surface area contributed by atoms with Crippen LogP contribution in [0.25, 0.3) is 0 Å². The van der Waals surface area contributed by atoms with Crippen molar-refractivity contribution in [3.8, 4) is 5.75 Å². The first kappa shape index (κ1) is 21.3. The molecule has 6 nitrogen and oxygen atoms in total. The van der Waals surface area contributed by atoms with Crippen molar-refractivity contribution in [1.29, 1.82) is 0 Å². The highest BCUT2D eigenvalue weighted by Gasteiger charge is 2.06. The zero-order chi connectivity index (χ0) is 20.4. The monoisotopic (exact) mass is 383 g/mol. The van der Waals surface area contributed by atoms with E-state index in [4.69, 9.17) is 4.74 Å². The first-order valence-electron chi connectivity index (χ1n) is 9.70. The quantitative estimate of drug-likeness (QED) is 0.558. The average molecular weight is 383 g/mol. The van der Waals surface area contributed by atoms with Gasteiger partial charge >= 0.3 is 0 Å². The van der Waals surface area contributed by atoms with Crippen LogP contribution in [0, 0.1) is 0 Å². The molecule has 28 heavy (non-hydrogen) atoms. The van der Waals surface area contributed by atoms with Gasteiger partial charge < -0.3 is 20.7 Å². The number of carbonyl (C=O) groups is 2. The molecule has 0 aliphatic rings. The number of ether oxygens (including phenoxy) is 1. The molecule has 0 bridgehead atoms. The minimum absolute atomic E-state index is 0.0111. The first-order chi connectivity index (χ1) is 13.5. The molecular formula is C22H29N3O3. The van der Waals surface area contributed by atoms with Gasteiger partial charge in [-0.15, -0.1) is 0 Å². The summed E-state index contributed by atoms with van der Waals surface area (Å²) in [6.45, 7) is 6.19. The highest BCUT2D eigenvalue weighted by atomic mass is 16.5. The van der Waals surface area contributed by atoms with E-state index < -0.39 is 0 Å². The van der Waals surface area contributed by atoms with E-state index in [2.05, 4.69) is 22.9 Å². The van der Waals surface area contributed by atoms with E-state index >= 15 is 0 Å². The van der Waals surface area contributed by atoms with E-state index in [9.17, 15) is 9.59 Å². The molecule has 2 amide bonds. The molecule has 2 rings (SSSR count). The molecule has 0 fully saturated rings. The van der Waals surface area contributed by atoms with Crippen molar-refractivity contribution >= 4 is 28.9 Å². The number of rotatable bonds is 10. The van der Waals surface area contributed by atoms with Crippen LogP contribution in [0.15, 0.2) is 48.5 Å². The number of benzene rings is 2. The molecule has 150 valence electrons. The zero-order valence-electron chi connectivity index (χ0n) is 16.7. The molecule has 3 N–H and O–H groups in total. The van der Waals surface area contributed by atoms with Crippen LogP contribution in [0.5, 0.6) is 5.75 Å². The average Bonchev–Trinajstić information content (AvgIpc) is 2.68. The summed E-state index contributed by atoms with van der Waals surface area (Å²) < 4.78 is 5.79. The van der Waals surface area contributed by atoms with Gasteiger partial charge in [0.05, 0.1) is 12.6 Å². The number of hydrogen-bond acceptors (Lipinski definition) is 4. The molecule has 0 aliphatic heterocycles. The lowest BCUT2D eigenvalue weighted by Gasteiger charge is -2.14. The van der Waals surface area contributed by atoms with Gasteiger partial charge in [-0.1, -0.05) is 19.9 Å². The van der Waals surface area contributed by atoms with Gasteiger partial charge in [-0.3, -0.25) is 9.59 Å². The number of hydrogen-bond donors (Lipinski definition) is 3. The van der Waals surface area contributed by atoms with Crippen LogP contribution in [0.2, 0.25) is 0 Å². The lowest BCUT2D eigenvalue weighted by molar-refractivity contribution is -0.116. The largest absolute Gasteiger partial charge is 0.491 e. The Kier molecular flexibility index (Phi) is 8.34. The third kappa shape index (κ3) is 7.31. The van der Waals surface area contributed by atoms with Crippen LogP contribution >= 0.6 is 0 Å². The summed E-state index contributed by atoms with van der Waals surface area (Å²) in [7, 11) is 0. The van der Waals surface area contributed by atoms with E-state index in [-0.39, 0.29) is 24.5 Å². The summed E-state index contributed by atoms with van der Waals surface area (Å²) in [6, 6.07) is 14.6. The van der Waals surface area contributed by atoms with E-state index in [1.807, 2.05) is 38.1 Å². The number of amides is 2. The van der Waals surface area contributed by atoms with Crippen LogP contribution < -0.4 is 20.7 Å². The fourth-order valence-corrected chi connectivity index (χ4v) is 2.47. The Bertz CT molecular complexity index is 775. The van der Waals surface area contributed by atoms with Crippen LogP contribution in [0.1, 0.15) is 40.0 Å². The number of anilines is 3. The van der Waals surface area contributed by atoms with E-state index in [1.54, 1.807) is 24.3 Å². The lowest BCUT2D eigenvalue weighted by atomic mass is 10.2. The van der Waals surface area contributed by atoms with Gasteiger partial charge in [-0.05, 0) is 56.2 Å². The summed E-state index contributed by atoms with van der Waals surface area (Å²) in [5, 5.41) is 8.74. The molecule has 1 atom stereocenters. The molecule has 0 aliphatic carbocycles. The normalized spacial score (nSPS) is 11.4. The van der Waals surface area contributed by atoms with Gasteiger partial charge in [0.15, 0.2) is 0 Å². The minimum atomic E-state index is -0.156. The Morgan fingerprint density at radius 1 is 0.929 bits per heavy atom. The Morgan fingerprint density at radius 2 is 1.57 bits per heavy atom. The van der Waals surface area contributed by atoms with Gasteiger partial charge in [-0.25, -0.2) is 0 Å². The van der Waals surface area contributed by atoms with E-state index in [0.29, 0.717) is 17.8 Å². The zero-order valence-corrected chi connectivity index (χ0v) is 16.7. The molecule has 0 heterocycles. The maximum Gasteiger partial charge on any atom is 0.243 e. The van der Waals surface area contributed by atoms with E-state index in [0.717, 1.165) is 24.3 Å². The van der Waals surface area contributed by atoms with Crippen molar-refractivity contribution in [1.82, 2.24) is 0 Å². The van der Waals surface area contributed by atoms with Gasteiger partial charge in [0, 0.05) is 29.5 Å². The second-order valence-electron chi connectivity index (χ2n) is 6.64. The highest BCUT2D eigenvalue weighted by Crippen LogP contribution is 2.19. The Morgan fingerprint density at radius 3 is 2.18 bits per heavy atom. The Hall–Kier alpha value is -3.02. The number of carbonyl (C=O) groups excluding carboxylic acids is 2. The van der Waals surface area contributed by atoms with Gasteiger partial charge in [-0.2, -0.15) is 0 Å². The first-order valence-corrected chi connectivity index (χ1v) is 9.70. The molecule has 0 radical (unpaired) electrons. The van der Waals surface area contributed by atoms with Crippen molar-refractivity contribution in [3.63, 3.8) is 0 Å². The summed E-state index contributed by atoms with van der Waals surface area (Å²) in [6.07, 6.45) is 2.38. The van der Waals surface area contributed by atoms with Crippen LogP contribution in [0.3, 0.4) is 0 Å². The molecule has 0 saturated carbocycles. The Labute approximate surface area is 166 Å². The summed E-state index contributed by atoms with van der Waals surface area (Å²) in [4.78, 5) is 23.8. The maximum absolute atomic E-state index is 12.2. The number of nitrogens with one attached hydrogen (secondary N) is 3. The lowest BCUT2D eigenvalue weighted by Crippen LogP contribution is -2.21. The standard InChI is InChI=1S/C22H29N3O3/c1-4-7-21(26)24-17-10-12-18(13-11-17)25-22(27)15-23-19-8-6-9-20(14-19)28-16(3)5-2/h6,8-14,16,23H,4-5,7,15H2,1-3H3,(H,24,26)(H,25,27). The molecule has 2 aromatic rings. The summed E-state index contributed by atoms with van der Waals surface area (Å²) in [5.74, 6) is 0.611. The smallest absolute Gasteiger partial charge is 0.243 e. The fourth-order valence-electron chi connectivity index (χ4n) is 2.47. The summed E-state index contributed by atoms with van der Waals surface area (Å²) >= 11 is 0. The van der Waals surface area contributed by atoms with Gasteiger partial charge in [0.2, 0.25) is 11.8 Å². The summed E-state index contributed by atoms with van der Waals surface area (Å²) in [5.41, 5.74) is 2.21. The van der Waals surface area contributed by atoms with Crippen molar-refractivity contribution in [3.05, 3.63) is 48.5 Å². The highest BCUT2D eigenvalue weighted by molar-refractivity contribution is 5.94. The van der Waals surface area contributed by atoms with Crippen LogP contribution in [0.4, 0.5) is 17.1 Å². The van der Waals surface area contributed by atoms with Crippen LogP contribution in [-0.4, -0.2) is 24.5 Å². The van der Waals surface area contributed by atoms with Crippen molar-refractivity contribution < 1.29 is 14.3 Å². The SMILES string of the molecule is CCCC(=O)Nc1ccc(NC(=O)CNc2cccc(OC(C)CC)c2)cc1. The van der Waals surface area contributed by atoms with Crippen molar-refractivity contribution in [2.45, 2.75) is 46.1 Å². The molecular weight excluding hydrogens is 354 g/mol. The van der Waals surface area contributed by atoms with Gasteiger partial charge in [0.25, 0.3) is 0 Å².